The highest BCUT2D eigenvalue weighted by Gasteiger charge is 2.14. The van der Waals surface area contributed by atoms with Gasteiger partial charge in [-0.1, -0.05) is 0 Å². The third kappa shape index (κ3) is 1.92. The number of rotatable bonds is 1. The van der Waals surface area contributed by atoms with Gasteiger partial charge in [-0.05, 0) is 12.7 Å². The number of hydrogen-bond acceptors (Lipinski definition) is 6. The van der Waals surface area contributed by atoms with Crippen LogP contribution in [0.1, 0.15) is 5.56 Å². The summed E-state index contributed by atoms with van der Waals surface area (Å²) in [5.41, 5.74) is -3.20. The minimum absolute atomic E-state index is 0.207. The second kappa shape index (κ2) is 4.16. The van der Waals surface area contributed by atoms with E-state index in [1.54, 1.807) is 0 Å². The quantitative estimate of drug-likeness (QED) is 0.615. The molecule has 0 radical (unpaired) electrons. The van der Waals surface area contributed by atoms with Crippen molar-refractivity contribution in [3.8, 4) is 5.88 Å². The third-order valence-corrected chi connectivity index (χ3v) is 2.66. The van der Waals surface area contributed by atoms with Crippen molar-refractivity contribution in [2.75, 3.05) is 0 Å². The van der Waals surface area contributed by atoms with E-state index in [0.29, 0.717) is 0 Å². The molecule has 19 heavy (non-hydrogen) atoms. The Morgan fingerprint density at radius 1 is 1.11 bits per heavy atom. The fraction of sp³-hybridized carbons (Fsp3) is 0.182. The van der Waals surface area contributed by atoms with Crippen molar-refractivity contribution >= 4 is 12.7 Å². The smallest absolute Gasteiger partial charge is 0.353 e. The lowest BCUT2D eigenvalue weighted by Crippen LogP contribution is -2.41. The van der Waals surface area contributed by atoms with E-state index in [2.05, 4.69) is 15.4 Å². The Balaban J connectivity index is 2.92. The van der Waals surface area contributed by atoms with Crippen molar-refractivity contribution in [1.29, 1.82) is 0 Å². The van der Waals surface area contributed by atoms with Gasteiger partial charge in [0.25, 0.3) is 11.2 Å². The maximum absolute atomic E-state index is 11.8. The van der Waals surface area contributed by atoms with Gasteiger partial charge in [0.15, 0.2) is 0 Å². The molecule has 0 spiro atoms. The lowest BCUT2D eigenvalue weighted by atomic mass is 10.3. The highest BCUT2D eigenvalue weighted by Crippen LogP contribution is 2.11. The Labute approximate surface area is 104 Å². The molecule has 2 aromatic heterocycles. The fourth-order valence-electron chi connectivity index (χ4n) is 1.53. The second-order valence-electron chi connectivity index (χ2n) is 3.80. The molecule has 0 aliphatic rings. The summed E-state index contributed by atoms with van der Waals surface area (Å²) in [7, 11) is 2.86. The Morgan fingerprint density at radius 2 is 1.63 bits per heavy atom. The molecule has 100 valence electrons. The summed E-state index contributed by atoms with van der Waals surface area (Å²) >= 11 is 0. The summed E-state index contributed by atoms with van der Waals surface area (Å²) in [5.74, 6) is -0.384. The Kier molecular flexibility index (Phi) is 2.78. The highest BCUT2D eigenvalue weighted by atomic mass is 16.5. The van der Waals surface area contributed by atoms with E-state index in [-0.39, 0.29) is 11.4 Å². The molecule has 0 atom stereocenters. The largest absolute Gasteiger partial charge is 0.493 e. The van der Waals surface area contributed by atoms with Crippen LogP contribution < -0.4 is 27.6 Å². The van der Waals surface area contributed by atoms with E-state index < -0.39 is 27.6 Å². The lowest BCUT2D eigenvalue weighted by molar-refractivity contribution is 0.286. The van der Waals surface area contributed by atoms with Crippen molar-refractivity contribution in [1.82, 2.24) is 9.36 Å². The van der Waals surface area contributed by atoms with Gasteiger partial charge in [-0.2, -0.15) is 0 Å². The monoisotopic (exact) mass is 266 g/mol. The van der Waals surface area contributed by atoms with Gasteiger partial charge in [0.1, 0.15) is 10.8 Å². The fourth-order valence-corrected chi connectivity index (χ4v) is 1.53. The van der Waals surface area contributed by atoms with E-state index in [9.17, 15) is 19.5 Å². The Bertz CT molecular complexity index is 887. The number of aromatic hydroxyl groups is 1. The lowest BCUT2D eigenvalue weighted by Gasteiger charge is -1.97. The van der Waals surface area contributed by atoms with Crippen LogP contribution in [0.15, 0.2) is 23.2 Å². The van der Waals surface area contributed by atoms with E-state index in [4.69, 9.17) is 0 Å². The minimum atomic E-state index is -0.994. The molecule has 0 aliphatic carbocycles. The van der Waals surface area contributed by atoms with Crippen LogP contribution in [-0.4, -0.2) is 14.5 Å². The maximum atomic E-state index is 11.8. The topological polar surface area (TPSA) is 108 Å². The molecule has 0 amide bonds. The van der Waals surface area contributed by atoms with Crippen LogP contribution in [0.4, 0.5) is 0 Å². The number of nitrogens with zero attached hydrogens (tertiary/aromatic N) is 2. The van der Waals surface area contributed by atoms with Gasteiger partial charge >= 0.3 is 11.3 Å². The van der Waals surface area contributed by atoms with Gasteiger partial charge in [-0.3, -0.25) is 14.2 Å². The van der Waals surface area contributed by atoms with Gasteiger partial charge in [-0.25, -0.2) is 9.59 Å². The minimum Gasteiger partial charge on any atom is -0.493 e. The molecule has 0 aromatic carbocycles. The molecular formula is C11H10N2O6. The molecule has 0 aliphatic heterocycles. The summed E-state index contributed by atoms with van der Waals surface area (Å²) in [6.07, 6.45) is 0.925. The van der Waals surface area contributed by atoms with Crippen molar-refractivity contribution in [3.63, 3.8) is 0 Å². The normalized spacial score (nSPS) is 10.6. The van der Waals surface area contributed by atoms with E-state index in [1.165, 1.54) is 14.1 Å². The van der Waals surface area contributed by atoms with Crippen LogP contribution in [0, 0.1) is 0 Å². The summed E-state index contributed by atoms with van der Waals surface area (Å²) in [6, 6.07) is 0. The van der Waals surface area contributed by atoms with Crippen molar-refractivity contribution < 1.29 is 13.9 Å². The zero-order valence-corrected chi connectivity index (χ0v) is 10.2. The first-order valence-corrected chi connectivity index (χ1v) is 5.13. The van der Waals surface area contributed by atoms with Crippen molar-refractivity contribution in [3.05, 3.63) is 47.6 Å². The van der Waals surface area contributed by atoms with E-state index in [1.807, 2.05) is 0 Å². The van der Waals surface area contributed by atoms with Gasteiger partial charge in [0.2, 0.25) is 5.88 Å². The molecule has 8 heteroatoms. The average Bonchev–Trinajstić information content (AvgIpc) is 2.50. The predicted octanol–water partition coefficient (Wildman–Crippen LogP) is -2.43. The van der Waals surface area contributed by atoms with Crippen LogP contribution >= 0.6 is 0 Å². The summed E-state index contributed by atoms with van der Waals surface area (Å²) in [4.78, 5) is 34.7. The van der Waals surface area contributed by atoms with Crippen molar-refractivity contribution in [2.24, 2.45) is 14.1 Å². The summed E-state index contributed by atoms with van der Waals surface area (Å²) < 4.78 is 11.3. The molecule has 0 unspecified atom stereocenters. The van der Waals surface area contributed by atoms with Crippen LogP contribution in [0.3, 0.4) is 0 Å². The molecule has 0 bridgehead atoms. The van der Waals surface area contributed by atoms with Gasteiger partial charge in [-0.15, -0.1) is 0 Å². The molecule has 0 fully saturated rings. The zero-order valence-electron chi connectivity index (χ0n) is 10.2. The standard InChI is InChI=1S/C11H10N2O6/c1-5-18-10(16)7(11(17)19-5)4-6-8(14)12(2)13(3)9(6)15/h4,14H,1H2,2-3H3. The number of hydrogen-bond donors (Lipinski definition) is 1. The molecule has 2 heterocycles. The molecule has 0 saturated carbocycles. The van der Waals surface area contributed by atoms with Gasteiger partial charge in [0.05, 0.1) is 0 Å². The van der Waals surface area contributed by atoms with Crippen molar-refractivity contribution in [2.45, 2.75) is 0 Å². The maximum Gasteiger partial charge on any atom is 0.353 e. The van der Waals surface area contributed by atoms with Crippen LogP contribution in [0.5, 0.6) is 5.88 Å². The molecular weight excluding hydrogens is 256 g/mol. The molecule has 8 nitrogen and oxygen atoms in total. The Hall–Kier alpha value is -2.77. The van der Waals surface area contributed by atoms with Crippen LogP contribution in [0.2, 0.25) is 0 Å². The van der Waals surface area contributed by atoms with Crippen LogP contribution in [-0.2, 0) is 14.1 Å². The highest BCUT2D eigenvalue weighted by molar-refractivity contribution is 5.53. The Morgan fingerprint density at radius 3 is 2.05 bits per heavy atom. The van der Waals surface area contributed by atoms with Gasteiger partial charge < -0.3 is 13.9 Å². The molecule has 2 aromatic rings. The average molecular weight is 266 g/mol. The van der Waals surface area contributed by atoms with E-state index >= 15 is 0 Å². The predicted molar refractivity (Wildman–Crippen MR) is 64.2 cm³/mol. The number of aromatic nitrogens is 2. The van der Waals surface area contributed by atoms with E-state index in [0.717, 1.165) is 15.4 Å². The molecule has 1 N–H and O–H groups in total. The first-order valence-electron chi connectivity index (χ1n) is 5.13. The first kappa shape index (κ1) is 12.7. The summed E-state index contributed by atoms with van der Waals surface area (Å²) in [6.45, 7) is 3.18. The summed E-state index contributed by atoms with van der Waals surface area (Å²) in [5, 5.41) is 9.24. The third-order valence-electron chi connectivity index (χ3n) is 2.66. The second-order valence-corrected chi connectivity index (χ2v) is 3.80. The molecule has 0 saturated heterocycles. The van der Waals surface area contributed by atoms with Gasteiger partial charge in [0, 0.05) is 14.1 Å². The SMILES string of the molecule is C=c1oc(=O)c(=Cc2c(O)n(C)n(C)c2=O)c(=O)o1. The molecule has 2 rings (SSSR count). The zero-order chi connectivity index (χ0) is 14.3. The first-order chi connectivity index (χ1) is 8.82. The van der Waals surface area contributed by atoms with Crippen LogP contribution in [0.25, 0.3) is 12.7 Å².